The molecule has 33 heavy (non-hydrogen) atoms. The molecule has 5 aliphatic rings. The molecule has 0 unspecified atom stereocenters. The van der Waals surface area contributed by atoms with Gasteiger partial charge >= 0.3 is 0 Å². The van der Waals surface area contributed by atoms with E-state index in [0.29, 0.717) is 30.3 Å². The molecule has 2 N–H and O–H groups in total. The van der Waals surface area contributed by atoms with E-state index in [0.717, 1.165) is 32.1 Å². The molecule has 5 aliphatic carbocycles. The fourth-order valence-electron chi connectivity index (χ4n) is 11.0. The molecule has 3 nitrogen and oxygen atoms in total. The second kappa shape index (κ2) is 6.99. The first kappa shape index (κ1) is 23.6. The van der Waals surface area contributed by atoms with E-state index in [2.05, 4.69) is 48.1 Å². The summed E-state index contributed by atoms with van der Waals surface area (Å²) < 4.78 is 0. The summed E-state index contributed by atoms with van der Waals surface area (Å²) in [4.78, 5) is 12.9. The Bertz CT molecular complexity index is 916. The number of carbonyl (C=O) groups is 1. The van der Waals surface area contributed by atoms with Gasteiger partial charge in [0.2, 0.25) is 5.78 Å². The number of aliphatic hydroxyl groups excluding tert-OH is 2. The van der Waals surface area contributed by atoms with Gasteiger partial charge < -0.3 is 10.2 Å². The van der Waals surface area contributed by atoms with Gasteiger partial charge in [0, 0.05) is 12.0 Å². The van der Waals surface area contributed by atoms with Crippen LogP contribution in [0, 0.1) is 56.7 Å². The lowest BCUT2D eigenvalue weighted by Gasteiger charge is -2.71. The van der Waals surface area contributed by atoms with E-state index >= 15 is 0 Å². The van der Waals surface area contributed by atoms with Crippen molar-refractivity contribution in [2.24, 2.45) is 56.7 Å². The molecule has 0 bridgehead atoms. The standard InChI is InChI=1S/C30H46O3/c1-18(2)19-10-13-30(17-31)15-14-28(6)20(24(19)30)8-9-23-27(5)16-21(32)25(33)26(3,4)22(27)11-12-29(23,28)7/h16,19-20,22-24,31-32H,1,8-15,17H2,2-7H3/t19-,20+,22-,23+,24+,27-,28+,29+,30+/m0/s1. The number of rotatable bonds is 2. The quantitative estimate of drug-likeness (QED) is 0.448. The van der Waals surface area contributed by atoms with Crippen LogP contribution in [0.1, 0.15) is 92.9 Å². The second-order valence-corrected chi connectivity index (χ2v) is 14.1. The van der Waals surface area contributed by atoms with Gasteiger partial charge in [-0.2, -0.15) is 0 Å². The van der Waals surface area contributed by atoms with Gasteiger partial charge in [-0.25, -0.2) is 0 Å². The number of hydrogen-bond donors (Lipinski definition) is 2. The zero-order valence-corrected chi connectivity index (χ0v) is 21.8. The largest absolute Gasteiger partial charge is 0.505 e. The maximum absolute atomic E-state index is 12.9. The fourth-order valence-corrected chi connectivity index (χ4v) is 11.0. The third-order valence-electron chi connectivity index (χ3n) is 12.9. The van der Waals surface area contributed by atoms with Crippen LogP contribution in [-0.4, -0.2) is 22.6 Å². The molecule has 184 valence electrons. The minimum atomic E-state index is -0.512. The zero-order valence-electron chi connectivity index (χ0n) is 21.8. The third kappa shape index (κ3) is 2.69. The summed E-state index contributed by atoms with van der Waals surface area (Å²) in [6, 6.07) is 0. The normalized spacial score (nSPS) is 52.8. The SMILES string of the molecule is C=C(C)[C@@H]1CC[C@]2(CO)CC[C@]3(C)[C@H](CC[C@@H]4[C@@]5(C)C=C(O)C(=O)C(C)(C)[C@@H]5CC[C@]43C)[C@@H]12. The van der Waals surface area contributed by atoms with E-state index < -0.39 is 5.41 Å². The van der Waals surface area contributed by atoms with Crippen LogP contribution >= 0.6 is 0 Å². The Kier molecular flexibility index (Phi) is 5.01. The second-order valence-electron chi connectivity index (χ2n) is 14.1. The molecular formula is C30H46O3. The summed E-state index contributed by atoms with van der Waals surface area (Å²) in [6.07, 6.45) is 11.2. The van der Waals surface area contributed by atoms with Crippen LogP contribution in [0.15, 0.2) is 24.0 Å². The number of allylic oxidation sites excluding steroid dienone is 3. The molecule has 0 aromatic heterocycles. The van der Waals surface area contributed by atoms with Crippen molar-refractivity contribution in [2.75, 3.05) is 6.61 Å². The van der Waals surface area contributed by atoms with Crippen molar-refractivity contribution in [1.82, 2.24) is 0 Å². The lowest BCUT2D eigenvalue weighted by molar-refractivity contribution is -0.222. The Morgan fingerprint density at radius 1 is 0.970 bits per heavy atom. The number of aliphatic hydroxyl groups is 2. The van der Waals surface area contributed by atoms with Gasteiger partial charge in [0.1, 0.15) is 0 Å². The number of hydrogen-bond acceptors (Lipinski definition) is 3. The van der Waals surface area contributed by atoms with Gasteiger partial charge in [-0.1, -0.05) is 46.8 Å². The van der Waals surface area contributed by atoms with Gasteiger partial charge in [-0.3, -0.25) is 4.79 Å². The molecule has 3 heteroatoms. The highest BCUT2D eigenvalue weighted by Gasteiger charge is 2.70. The molecule has 0 aromatic carbocycles. The predicted octanol–water partition coefficient (Wildman–Crippen LogP) is 6.87. The minimum Gasteiger partial charge on any atom is -0.505 e. The lowest BCUT2D eigenvalue weighted by Crippen LogP contribution is -2.66. The minimum absolute atomic E-state index is 0.00337. The van der Waals surface area contributed by atoms with Crippen molar-refractivity contribution in [3.05, 3.63) is 24.0 Å². The number of carbonyl (C=O) groups excluding carboxylic acids is 1. The van der Waals surface area contributed by atoms with Crippen molar-refractivity contribution in [3.63, 3.8) is 0 Å². The number of ketones is 1. The molecule has 0 heterocycles. The topological polar surface area (TPSA) is 57.5 Å². The first-order chi connectivity index (χ1) is 15.3. The Hall–Kier alpha value is -1.09. The fraction of sp³-hybridized carbons (Fsp3) is 0.833. The molecule has 0 amide bonds. The molecule has 4 saturated carbocycles. The van der Waals surface area contributed by atoms with Gasteiger partial charge in [-0.15, -0.1) is 0 Å². The van der Waals surface area contributed by atoms with Gasteiger partial charge in [0.25, 0.3) is 0 Å². The number of Topliss-reactive ketones (excluding diaryl/α,β-unsaturated/α-hetero) is 1. The van der Waals surface area contributed by atoms with Crippen LogP contribution in [0.4, 0.5) is 0 Å². The molecule has 0 radical (unpaired) electrons. The molecule has 0 aliphatic heterocycles. The smallest absolute Gasteiger partial charge is 0.202 e. The van der Waals surface area contributed by atoms with Gasteiger partial charge in [0.15, 0.2) is 5.76 Å². The Balaban J connectivity index is 1.59. The summed E-state index contributed by atoms with van der Waals surface area (Å²) in [5, 5.41) is 21.4. The highest BCUT2D eigenvalue weighted by molar-refractivity contribution is 5.98. The molecule has 0 saturated heterocycles. The first-order valence-corrected chi connectivity index (χ1v) is 13.5. The van der Waals surface area contributed by atoms with Crippen LogP contribution in [0.25, 0.3) is 0 Å². The summed E-state index contributed by atoms with van der Waals surface area (Å²) in [5.74, 6) is 2.34. The maximum Gasteiger partial charge on any atom is 0.202 e. The first-order valence-electron chi connectivity index (χ1n) is 13.5. The lowest BCUT2D eigenvalue weighted by atomic mass is 9.33. The average Bonchev–Trinajstić information content (AvgIpc) is 3.13. The van der Waals surface area contributed by atoms with Crippen LogP contribution in [0.2, 0.25) is 0 Å². The van der Waals surface area contributed by atoms with Crippen molar-refractivity contribution in [3.8, 4) is 0 Å². The monoisotopic (exact) mass is 454 g/mol. The van der Waals surface area contributed by atoms with E-state index in [-0.39, 0.29) is 39.1 Å². The highest BCUT2D eigenvalue weighted by atomic mass is 16.3. The molecule has 0 spiro atoms. The Morgan fingerprint density at radius 2 is 1.67 bits per heavy atom. The highest BCUT2D eigenvalue weighted by Crippen LogP contribution is 2.76. The van der Waals surface area contributed by atoms with E-state index in [1.807, 2.05) is 6.08 Å². The number of fused-ring (bicyclic) bond motifs is 7. The average molecular weight is 455 g/mol. The van der Waals surface area contributed by atoms with Crippen molar-refractivity contribution in [2.45, 2.75) is 92.9 Å². The van der Waals surface area contributed by atoms with Crippen molar-refractivity contribution >= 4 is 5.78 Å². The zero-order chi connectivity index (χ0) is 24.2. The molecule has 0 aromatic rings. The summed E-state index contributed by atoms with van der Waals surface area (Å²) in [6.45, 7) is 18.5. The third-order valence-corrected chi connectivity index (χ3v) is 12.9. The van der Waals surface area contributed by atoms with Crippen LogP contribution < -0.4 is 0 Å². The maximum atomic E-state index is 12.9. The van der Waals surface area contributed by atoms with Crippen molar-refractivity contribution < 1.29 is 15.0 Å². The molecule has 5 rings (SSSR count). The van der Waals surface area contributed by atoms with Gasteiger partial charge in [0.05, 0.1) is 0 Å². The van der Waals surface area contributed by atoms with Gasteiger partial charge in [-0.05, 0) is 116 Å². The van der Waals surface area contributed by atoms with E-state index in [1.165, 1.54) is 24.8 Å². The predicted molar refractivity (Wildman–Crippen MR) is 133 cm³/mol. The molecule has 4 fully saturated rings. The van der Waals surface area contributed by atoms with E-state index in [1.54, 1.807) is 0 Å². The molecular weight excluding hydrogens is 408 g/mol. The van der Waals surface area contributed by atoms with E-state index in [4.69, 9.17) is 0 Å². The van der Waals surface area contributed by atoms with Crippen LogP contribution in [0.3, 0.4) is 0 Å². The Labute approximate surface area is 201 Å². The van der Waals surface area contributed by atoms with Crippen LogP contribution in [0.5, 0.6) is 0 Å². The summed E-state index contributed by atoms with van der Waals surface area (Å²) >= 11 is 0. The molecule has 9 atom stereocenters. The summed E-state index contributed by atoms with van der Waals surface area (Å²) in [5.41, 5.74) is 1.09. The van der Waals surface area contributed by atoms with Crippen molar-refractivity contribution in [1.29, 1.82) is 0 Å². The Morgan fingerprint density at radius 3 is 2.30 bits per heavy atom. The van der Waals surface area contributed by atoms with E-state index in [9.17, 15) is 15.0 Å². The summed E-state index contributed by atoms with van der Waals surface area (Å²) in [7, 11) is 0. The van der Waals surface area contributed by atoms with Crippen LogP contribution in [-0.2, 0) is 4.79 Å².